The molecule has 0 aromatic heterocycles. The average molecular weight is 320 g/mol. The molecule has 0 atom stereocenters. The molecule has 0 spiro atoms. The molecule has 0 bridgehead atoms. The first kappa shape index (κ1) is 19.5. The van der Waals surface area contributed by atoms with Gasteiger partial charge in [-0.25, -0.2) is 0 Å². The Labute approximate surface area is 141 Å². The van der Waals surface area contributed by atoms with Crippen molar-refractivity contribution in [1.82, 2.24) is 0 Å². The van der Waals surface area contributed by atoms with Crippen LogP contribution in [0.1, 0.15) is 64.9 Å². The van der Waals surface area contributed by atoms with Gasteiger partial charge < -0.3 is 9.47 Å². The van der Waals surface area contributed by atoms with Crippen molar-refractivity contribution in [2.45, 2.75) is 65.7 Å². The van der Waals surface area contributed by atoms with Crippen LogP contribution < -0.4 is 4.74 Å². The topological polar surface area (TPSA) is 35.5 Å². The van der Waals surface area contributed by atoms with Crippen LogP contribution >= 0.6 is 0 Å². The van der Waals surface area contributed by atoms with Crippen molar-refractivity contribution in [3.8, 4) is 5.75 Å². The van der Waals surface area contributed by atoms with Crippen molar-refractivity contribution in [1.29, 1.82) is 0 Å². The Kier molecular flexibility index (Phi) is 8.75. The van der Waals surface area contributed by atoms with Crippen LogP contribution in [-0.2, 0) is 16.0 Å². The fraction of sp³-hybridized carbons (Fsp3) is 0.650. The lowest BCUT2D eigenvalue weighted by atomic mass is 9.73. The second kappa shape index (κ2) is 10.3. The number of methoxy groups -OCH3 is 1. The van der Waals surface area contributed by atoms with Gasteiger partial charge in [0.25, 0.3) is 0 Å². The molecule has 130 valence electrons. The molecule has 0 unspecified atom stereocenters. The summed E-state index contributed by atoms with van der Waals surface area (Å²) in [7, 11) is 1.68. The van der Waals surface area contributed by atoms with Crippen LogP contribution in [0.4, 0.5) is 0 Å². The van der Waals surface area contributed by atoms with Gasteiger partial charge in [-0.2, -0.15) is 0 Å². The molecule has 0 radical (unpaired) electrons. The lowest BCUT2D eigenvalue weighted by molar-refractivity contribution is -0.156. The number of carbonyl (C=O) groups excluding carboxylic acids is 1. The quantitative estimate of drug-likeness (QED) is 0.528. The van der Waals surface area contributed by atoms with E-state index in [9.17, 15) is 4.79 Å². The zero-order valence-electron chi connectivity index (χ0n) is 15.2. The van der Waals surface area contributed by atoms with Gasteiger partial charge in [-0.05, 0) is 37.8 Å². The molecular weight excluding hydrogens is 288 g/mol. The first-order valence-electron chi connectivity index (χ1n) is 8.92. The minimum atomic E-state index is -0.434. The lowest BCUT2D eigenvalue weighted by Gasteiger charge is -2.32. The third-order valence-corrected chi connectivity index (χ3v) is 4.45. The number of carbonyl (C=O) groups is 1. The molecular formula is C20H32O3. The number of hydrogen-bond donors (Lipinski definition) is 0. The van der Waals surface area contributed by atoms with E-state index in [1.54, 1.807) is 7.11 Å². The maximum absolute atomic E-state index is 12.8. The van der Waals surface area contributed by atoms with Gasteiger partial charge in [0, 0.05) is 0 Å². The highest BCUT2D eigenvalue weighted by Gasteiger charge is 2.39. The minimum Gasteiger partial charge on any atom is -0.496 e. The highest BCUT2D eigenvalue weighted by Crippen LogP contribution is 2.38. The van der Waals surface area contributed by atoms with Gasteiger partial charge in [-0.15, -0.1) is 0 Å². The summed E-state index contributed by atoms with van der Waals surface area (Å²) in [5.74, 6) is 0.807. The zero-order valence-corrected chi connectivity index (χ0v) is 15.2. The molecule has 0 aliphatic rings. The van der Waals surface area contributed by atoms with Crippen molar-refractivity contribution in [3.05, 3.63) is 29.8 Å². The maximum atomic E-state index is 12.8. The van der Waals surface area contributed by atoms with Gasteiger partial charge >= 0.3 is 5.97 Å². The standard InChI is InChI=1S/C20H32O3/c1-5-8-14-20(15-9-6-2,19(21)23-7-3)16-17-12-10-11-13-18(17)22-4/h10-13H,5-9,14-16H2,1-4H3. The molecule has 0 aliphatic carbocycles. The minimum absolute atomic E-state index is 0.0483. The predicted molar refractivity (Wildman–Crippen MR) is 94.8 cm³/mol. The summed E-state index contributed by atoms with van der Waals surface area (Å²) in [6.07, 6.45) is 6.68. The number of para-hydroxylation sites is 1. The first-order valence-corrected chi connectivity index (χ1v) is 8.92. The van der Waals surface area contributed by atoms with E-state index < -0.39 is 5.41 Å². The predicted octanol–water partition coefficient (Wildman–Crippen LogP) is 5.17. The second-order valence-corrected chi connectivity index (χ2v) is 6.20. The summed E-state index contributed by atoms with van der Waals surface area (Å²) in [6, 6.07) is 8.00. The molecule has 3 heteroatoms. The molecule has 1 aromatic rings. The fourth-order valence-corrected chi connectivity index (χ4v) is 3.11. The van der Waals surface area contributed by atoms with E-state index in [0.717, 1.165) is 49.8 Å². The number of esters is 1. The van der Waals surface area contributed by atoms with Crippen molar-refractivity contribution in [2.24, 2.45) is 5.41 Å². The number of unbranched alkanes of at least 4 members (excludes halogenated alkanes) is 2. The molecule has 0 heterocycles. The highest BCUT2D eigenvalue weighted by atomic mass is 16.5. The second-order valence-electron chi connectivity index (χ2n) is 6.20. The van der Waals surface area contributed by atoms with Gasteiger partial charge in [0.2, 0.25) is 0 Å². The van der Waals surface area contributed by atoms with Crippen LogP contribution in [0.15, 0.2) is 24.3 Å². The molecule has 0 aliphatic heterocycles. The smallest absolute Gasteiger partial charge is 0.312 e. The summed E-state index contributed by atoms with van der Waals surface area (Å²) in [5.41, 5.74) is 0.659. The Morgan fingerprint density at radius 1 is 1.04 bits per heavy atom. The van der Waals surface area contributed by atoms with E-state index in [0.29, 0.717) is 13.0 Å². The summed E-state index contributed by atoms with van der Waals surface area (Å²) < 4.78 is 11.0. The Morgan fingerprint density at radius 3 is 2.17 bits per heavy atom. The van der Waals surface area contributed by atoms with Gasteiger partial charge in [-0.1, -0.05) is 57.7 Å². The largest absolute Gasteiger partial charge is 0.496 e. The van der Waals surface area contributed by atoms with Crippen LogP contribution in [0.3, 0.4) is 0 Å². The third-order valence-electron chi connectivity index (χ3n) is 4.45. The number of benzene rings is 1. The Hall–Kier alpha value is -1.51. The normalized spacial score (nSPS) is 11.3. The zero-order chi connectivity index (χ0) is 17.1. The Morgan fingerprint density at radius 2 is 1.65 bits per heavy atom. The monoisotopic (exact) mass is 320 g/mol. The molecule has 23 heavy (non-hydrogen) atoms. The van der Waals surface area contributed by atoms with Crippen LogP contribution in [0.2, 0.25) is 0 Å². The van der Waals surface area contributed by atoms with E-state index in [2.05, 4.69) is 19.9 Å². The van der Waals surface area contributed by atoms with Gasteiger partial charge in [0.15, 0.2) is 0 Å². The van der Waals surface area contributed by atoms with Crippen LogP contribution in [0.25, 0.3) is 0 Å². The van der Waals surface area contributed by atoms with E-state index >= 15 is 0 Å². The third kappa shape index (κ3) is 5.56. The van der Waals surface area contributed by atoms with Crippen LogP contribution in [0.5, 0.6) is 5.75 Å². The van der Waals surface area contributed by atoms with E-state index in [-0.39, 0.29) is 5.97 Å². The van der Waals surface area contributed by atoms with E-state index in [1.807, 2.05) is 25.1 Å². The van der Waals surface area contributed by atoms with Gasteiger partial charge in [0.05, 0.1) is 19.1 Å². The van der Waals surface area contributed by atoms with Gasteiger partial charge in [0.1, 0.15) is 5.75 Å². The maximum Gasteiger partial charge on any atom is 0.312 e. The molecule has 0 saturated carbocycles. The molecule has 0 fully saturated rings. The Balaban J connectivity index is 3.14. The molecule has 1 rings (SSSR count). The summed E-state index contributed by atoms with van der Waals surface area (Å²) >= 11 is 0. The van der Waals surface area contributed by atoms with Crippen molar-refractivity contribution in [3.63, 3.8) is 0 Å². The molecule has 0 amide bonds. The SMILES string of the molecule is CCCCC(CCCC)(Cc1ccccc1OC)C(=O)OCC. The van der Waals surface area contributed by atoms with Crippen molar-refractivity contribution < 1.29 is 14.3 Å². The number of ether oxygens (including phenoxy) is 2. The van der Waals surface area contributed by atoms with E-state index in [4.69, 9.17) is 9.47 Å². The summed E-state index contributed by atoms with van der Waals surface area (Å²) in [6.45, 7) is 6.65. The van der Waals surface area contributed by atoms with Gasteiger partial charge in [-0.3, -0.25) is 4.79 Å². The molecule has 1 aromatic carbocycles. The highest BCUT2D eigenvalue weighted by molar-refractivity contribution is 5.77. The molecule has 0 N–H and O–H groups in total. The molecule has 3 nitrogen and oxygen atoms in total. The summed E-state index contributed by atoms with van der Waals surface area (Å²) in [4.78, 5) is 12.8. The van der Waals surface area contributed by atoms with Crippen LogP contribution in [0, 0.1) is 5.41 Å². The van der Waals surface area contributed by atoms with Crippen LogP contribution in [-0.4, -0.2) is 19.7 Å². The van der Waals surface area contributed by atoms with Crippen molar-refractivity contribution in [2.75, 3.05) is 13.7 Å². The average Bonchev–Trinajstić information content (AvgIpc) is 2.58. The Bertz CT molecular complexity index is 460. The fourth-order valence-electron chi connectivity index (χ4n) is 3.11. The number of rotatable bonds is 11. The lowest BCUT2D eigenvalue weighted by Crippen LogP contribution is -2.35. The number of hydrogen-bond acceptors (Lipinski definition) is 3. The first-order chi connectivity index (χ1) is 11.1. The van der Waals surface area contributed by atoms with E-state index in [1.165, 1.54) is 0 Å². The van der Waals surface area contributed by atoms with Crippen molar-refractivity contribution >= 4 is 5.97 Å². The summed E-state index contributed by atoms with van der Waals surface area (Å²) in [5, 5.41) is 0. The molecule has 0 saturated heterocycles.